The van der Waals surface area contributed by atoms with Gasteiger partial charge in [-0.15, -0.1) is 0 Å². The summed E-state index contributed by atoms with van der Waals surface area (Å²) in [6.45, 7) is 0. The summed E-state index contributed by atoms with van der Waals surface area (Å²) in [6, 6.07) is 7.90. The van der Waals surface area contributed by atoms with Crippen molar-refractivity contribution in [3.8, 4) is 0 Å². The number of aliphatic hydroxyl groups is 2. The molecular formula is C8H12BiClO2. The minimum absolute atomic E-state index is 0.819. The van der Waals surface area contributed by atoms with Crippen LogP contribution in [-0.4, -0.2) is 49.2 Å². The van der Waals surface area contributed by atoms with E-state index in [4.69, 9.17) is 21.8 Å². The Balaban J connectivity index is 0. The SMILES string of the molecule is CO.CO.Clc1cc[c]([Bi])cc1. The normalized spacial score (nSPS) is 7.17. The molecule has 0 aliphatic rings. The van der Waals surface area contributed by atoms with Gasteiger partial charge in [0, 0.05) is 14.2 Å². The first-order chi connectivity index (χ1) is 5.79. The van der Waals surface area contributed by atoms with Crippen LogP contribution in [0.2, 0.25) is 5.02 Å². The predicted molar refractivity (Wildman–Crippen MR) is 53.1 cm³/mol. The molecule has 0 saturated carbocycles. The van der Waals surface area contributed by atoms with Gasteiger partial charge >= 0.3 is 68.9 Å². The molecule has 2 N–H and O–H groups in total. The summed E-state index contributed by atoms with van der Waals surface area (Å²) < 4.78 is 1.36. The van der Waals surface area contributed by atoms with Crippen LogP contribution >= 0.6 is 11.6 Å². The number of aliphatic hydroxyl groups excluding tert-OH is 2. The average molecular weight is 385 g/mol. The molecule has 1 aromatic rings. The molecule has 12 heavy (non-hydrogen) atoms. The van der Waals surface area contributed by atoms with E-state index >= 15 is 0 Å². The van der Waals surface area contributed by atoms with Gasteiger partial charge in [0.05, 0.1) is 0 Å². The van der Waals surface area contributed by atoms with Crippen molar-refractivity contribution >= 4 is 39.6 Å². The third-order valence-electron chi connectivity index (χ3n) is 0.827. The number of halogens is 1. The summed E-state index contributed by atoms with van der Waals surface area (Å²) in [5.74, 6) is 0. The van der Waals surface area contributed by atoms with Crippen molar-refractivity contribution in [2.45, 2.75) is 0 Å². The zero-order valence-electron chi connectivity index (χ0n) is 7.03. The first-order valence-electron chi connectivity index (χ1n) is 3.13. The fraction of sp³-hybridized carbons (Fsp3) is 0.250. The molecule has 68 valence electrons. The first-order valence-corrected chi connectivity index (χ1v) is 5.24. The van der Waals surface area contributed by atoms with Crippen LogP contribution in [0.25, 0.3) is 0 Å². The number of benzene rings is 1. The van der Waals surface area contributed by atoms with Crippen LogP contribution in [0.3, 0.4) is 0 Å². The van der Waals surface area contributed by atoms with E-state index in [1.807, 2.05) is 24.3 Å². The third kappa shape index (κ3) is 8.41. The van der Waals surface area contributed by atoms with Crippen molar-refractivity contribution in [3.63, 3.8) is 0 Å². The van der Waals surface area contributed by atoms with Gasteiger partial charge in [0.15, 0.2) is 0 Å². The van der Waals surface area contributed by atoms with E-state index in [0.29, 0.717) is 0 Å². The maximum absolute atomic E-state index is 7.00. The Morgan fingerprint density at radius 2 is 1.33 bits per heavy atom. The number of rotatable bonds is 0. The second-order valence-electron chi connectivity index (χ2n) is 1.48. The second kappa shape index (κ2) is 11.3. The predicted octanol–water partition coefficient (Wildman–Crippen LogP) is 0.351. The number of hydrogen-bond acceptors (Lipinski definition) is 2. The van der Waals surface area contributed by atoms with Gasteiger partial charge in [-0.25, -0.2) is 0 Å². The second-order valence-corrected chi connectivity index (χ2v) is 3.92. The molecule has 4 heteroatoms. The van der Waals surface area contributed by atoms with Gasteiger partial charge in [0.2, 0.25) is 0 Å². The molecule has 0 amide bonds. The molecule has 0 heterocycles. The van der Waals surface area contributed by atoms with Crippen LogP contribution in [0.5, 0.6) is 0 Å². The molecule has 0 fully saturated rings. The van der Waals surface area contributed by atoms with Crippen LogP contribution in [0.4, 0.5) is 0 Å². The Hall–Kier alpha value is 0.313. The van der Waals surface area contributed by atoms with E-state index in [9.17, 15) is 0 Å². The molecule has 0 saturated heterocycles. The van der Waals surface area contributed by atoms with E-state index < -0.39 is 0 Å². The van der Waals surface area contributed by atoms with E-state index in [0.717, 1.165) is 19.2 Å². The van der Waals surface area contributed by atoms with Gasteiger partial charge < -0.3 is 10.2 Å². The van der Waals surface area contributed by atoms with Gasteiger partial charge in [-0.1, -0.05) is 0 Å². The van der Waals surface area contributed by atoms with Crippen molar-refractivity contribution in [2.24, 2.45) is 0 Å². The molecule has 0 bridgehead atoms. The van der Waals surface area contributed by atoms with Gasteiger partial charge in [-0.05, 0) is 0 Å². The Labute approximate surface area is 93.0 Å². The summed E-state index contributed by atoms with van der Waals surface area (Å²) in [6.07, 6.45) is 0. The molecule has 0 unspecified atom stereocenters. The first kappa shape index (κ1) is 14.8. The zero-order chi connectivity index (χ0) is 9.98. The van der Waals surface area contributed by atoms with E-state index in [-0.39, 0.29) is 0 Å². The zero-order valence-corrected chi connectivity index (χ0v) is 11.3. The molecule has 0 atom stereocenters. The van der Waals surface area contributed by atoms with Crippen molar-refractivity contribution in [1.82, 2.24) is 0 Å². The van der Waals surface area contributed by atoms with Crippen LogP contribution in [-0.2, 0) is 0 Å². The van der Waals surface area contributed by atoms with Crippen molar-refractivity contribution in [1.29, 1.82) is 0 Å². The maximum atomic E-state index is 7.00. The summed E-state index contributed by atoms with van der Waals surface area (Å²) in [5, 5.41) is 14.8. The van der Waals surface area contributed by atoms with Crippen LogP contribution < -0.4 is 3.27 Å². The topological polar surface area (TPSA) is 40.5 Å². The molecular weight excluding hydrogens is 373 g/mol. The van der Waals surface area contributed by atoms with Crippen LogP contribution in [0, 0.1) is 0 Å². The molecule has 2 nitrogen and oxygen atoms in total. The Morgan fingerprint density at radius 3 is 1.58 bits per heavy atom. The van der Waals surface area contributed by atoms with Crippen molar-refractivity contribution in [2.75, 3.05) is 14.2 Å². The minimum atomic E-state index is 0.819. The molecule has 2 radical (unpaired) electrons. The van der Waals surface area contributed by atoms with E-state index in [1.54, 1.807) is 0 Å². The molecule has 1 aromatic carbocycles. The molecule has 1 rings (SSSR count). The summed E-state index contributed by atoms with van der Waals surface area (Å²) in [7, 11) is 2.00. The fourth-order valence-corrected chi connectivity index (χ4v) is 1.15. The Kier molecular flexibility index (Phi) is 14.0. The average Bonchev–Trinajstić information content (AvgIpc) is 2.17. The third-order valence-corrected chi connectivity index (χ3v) is 2.24. The molecule has 0 aromatic heterocycles. The molecule has 0 spiro atoms. The molecule has 0 aliphatic heterocycles. The number of hydrogen-bond donors (Lipinski definition) is 2. The summed E-state index contributed by atoms with van der Waals surface area (Å²) in [5.41, 5.74) is 0. The van der Waals surface area contributed by atoms with Crippen molar-refractivity contribution < 1.29 is 10.2 Å². The van der Waals surface area contributed by atoms with Gasteiger partial charge in [0.1, 0.15) is 0 Å². The van der Waals surface area contributed by atoms with Gasteiger partial charge in [0.25, 0.3) is 0 Å². The van der Waals surface area contributed by atoms with E-state index in [2.05, 4.69) is 0 Å². The van der Waals surface area contributed by atoms with Crippen molar-refractivity contribution in [3.05, 3.63) is 29.3 Å². The molecule has 0 aliphatic carbocycles. The quantitative estimate of drug-likeness (QED) is 0.634. The van der Waals surface area contributed by atoms with Gasteiger partial charge in [-0.3, -0.25) is 0 Å². The summed E-state index contributed by atoms with van der Waals surface area (Å²) >= 11 is 6.92. The standard InChI is InChI=1S/C6H4Cl.2CH4O.Bi/c7-6-4-2-1-3-5-6;2*1-2;/h2-5H;2*2H,1H3;. The van der Waals surface area contributed by atoms with E-state index in [1.165, 1.54) is 28.0 Å². The Bertz CT molecular complexity index is 156. The summed E-state index contributed by atoms with van der Waals surface area (Å²) in [4.78, 5) is 0. The Morgan fingerprint density at radius 1 is 1.00 bits per heavy atom. The van der Waals surface area contributed by atoms with Crippen LogP contribution in [0.1, 0.15) is 0 Å². The monoisotopic (exact) mass is 384 g/mol. The van der Waals surface area contributed by atoms with Crippen LogP contribution in [0.15, 0.2) is 24.3 Å². The van der Waals surface area contributed by atoms with Gasteiger partial charge in [-0.2, -0.15) is 0 Å². The fourth-order valence-electron chi connectivity index (χ4n) is 0.441.